The third kappa shape index (κ3) is 3.76. The van der Waals surface area contributed by atoms with Crippen molar-refractivity contribution in [1.82, 2.24) is 25.1 Å². The molecule has 7 nitrogen and oxygen atoms in total. The Morgan fingerprint density at radius 3 is 2.65 bits per heavy atom. The van der Waals surface area contributed by atoms with E-state index >= 15 is 0 Å². The number of hydrogen-bond acceptors (Lipinski definition) is 5. The number of nitrogens with one attached hydrogen (secondary N) is 1. The first kappa shape index (κ1) is 18.1. The Hall–Kier alpha value is -2.70. The lowest BCUT2D eigenvalue weighted by Gasteiger charge is -2.19. The molecule has 3 rings (SSSR count). The van der Waals surface area contributed by atoms with Crippen molar-refractivity contribution in [3.05, 3.63) is 41.8 Å². The molecule has 138 valence electrons. The Labute approximate surface area is 152 Å². The van der Waals surface area contributed by atoms with Crippen LogP contribution in [0, 0.1) is 5.92 Å². The summed E-state index contributed by atoms with van der Waals surface area (Å²) in [7, 11) is 1.83. The molecular formula is C19H25N5O2. The van der Waals surface area contributed by atoms with Crippen LogP contribution in [0.2, 0.25) is 0 Å². The Morgan fingerprint density at radius 1 is 1.27 bits per heavy atom. The fraction of sp³-hybridized carbons (Fsp3) is 0.474. The van der Waals surface area contributed by atoms with E-state index < -0.39 is 0 Å². The van der Waals surface area contributed by atoms with Gasteiger partial charge in [-0.3, -0.25) is 9.48 Å². The molecule has 1 aromatic carbocycles. The number of carbonyl (C=O) groups excluding carboxylic acids is 1. The van der Waals surface area contributed by atoms with E-state index in [1.54, 1.807) is 22.9 Å². The Kier molecular flexibility index (Phi) is 5.06. The van der Waals surface area contributed by atoms with Crippen LogP contribution in [-0.2, 0) is 7.05 Å². The van der Waals surface area contributed by atoms with E-state index in [0.29, 0.717) is 28.5 Å². The lowest BCUT2D eigenvalue weighted by Crippen LogP contribution is -2.31. The minimum Gasteiger partial charge on any atom is -0.440 e. The predicted molar refractivity (Wildman–Crippen MR) is 98.8 cm³/mol. The van der Waals surface area contributed by atoms with Gasteiger partial charge in [-0.05, 0) is 30.5 Å². The fourth-order valence-corrected chi connectivity index (χ4v) is 2.90. The van der Waals surface area contributed by atoms with E-state index in [2.05, 4.69) is 34.2 Å². The van der Waals surface area contributed by atoms with E-state index in [4.69, 9.17) is 4.42 Å². The second kappa shape index (κ2) is 7.27. The highest BCUT2D eigenvalue weighted by Gasteiger charge is 2.22. The standard InChI is InChI=1S/C19H25N5O2/c1-11(2)8-15(17-20-10-21-24(17)5)22-18(25)13-6-7-16-14(9-13)23-19(26-16)12(3)4/h6-7,9-12,15H,8H2,1-5H3,(H,22,25)/t15-/m1/s1. The van der Waals surface area contributed by atoms with Gasteiger partial charge < -0.3 is 9.73 Å². The van der Waals surface area contributed by atoms with Gasteiger partial charge in [-0.25, -0.2) is 9.97 Å². The summed E-state index contributed by atoms with van der Waals surface area (Å²) in [6, 6.07) is 5.12. The van der Waals surface area contributed by atoms with Gasteiger partial charge in [0.2, 0.25) is 0 Å². The minimum atomic E-state index is -0.200. The van der Waals surface area contributed by atoms with Gasteiger partial charge >= 0.3 is 0 Å². The number of rotatable bonds is 6. The number of nitrogens with zero attached hydrogens (tertiary/aromatic N) is 4. The highest BCUT2D eigenvalue weighted by atomic mass is 16.3. The zero-order valence-electron chi connectivity index (χ0n) is 15.9. The van der Waals surface area contributed by atoms with Crippen molar-refractivity contribution in [2.45, 2.75) is 46.1 Å². The molecule has 1 amide bonds. The van der Waals surface area contributed by atoms with Crippen LogP contribution in [0.25, 0.3) is 11.1 Å². The van der Waals surface area contributed by atoms with Gasteiger partial charge in [0.05, 0.1) is 6.04 Å². The molecule has 2 aromatic heterocycles. The second-order valence-corrected chi connectivity index (χ2v) is 7.29. The highest BCUT2D eigenvalue weighted by molar-refractivity contribution is 5.97. The van der Waals surface area contributed by atoms with E-state index in [9.17, 15) is 4.79 Å². The largest absolute Gasteiger partial charge is 0.440 e. The van der Waals surface area contributed by atoms with Gasteiger partial charge in [-0.1, -0.05) is 27.7 Å². The first-order valence-electron chi connectivity index (χ1n) is 8.90. The van der Waals surface area contributed by atoms with Crippen molar-refractivity contribution < 1.29 is 9.21 Å². The van der Waals surface area contributed by atoms with Crippen molar-refractivity contribution in [3.8, 4) is 0 Å². The second-order valence-electron chi connectivity index (χ2n) is 7.29. The first-order valence-corrected chi connectivity index (χ1v) is 8.90. The first-order chi connectivity index (χ1) is 12.3. The molecule has 0 aliphatic heterocycles. The molecule has 3 aromatic rings. The Balaban J connectivity index is 1.85. The normalized spacial score (nSPS) is 12.9. The Morgan fingerprint density at radius 2 is 2.04 bits per heavy atom. The average Bonchev–Trinajstić information content (AvgIpc) is 3.18. The van der Waals surface area contributed by atoms with Crippen LogP contribution in [0.3, 0.4) is 0 Å². The number of oxazole rings is 1. The quantitative estimate of drug-likeness (QED) is 0.730. The van der Waals surface area contributed by atoms with Crippen molar-refractivity contribution in [2.75, 3.05) is 0 Å². The molecule has 0 spiro atoms. The molecule has 0 unspecified atom stereocenters. The molecule has 0 saturated heterocycles. The highest BCUT2D eigenvalue weighted by Crippen LogP contribution is 2.23. The summed E-state index contributed by atoms with van der Waals surface area (Å²) < 4.78 is 7.41. The summed E-state index contributed by atoms with van der Waals surface area (Å²) in [5.41, 5.74) is 1.94. The van der Waals surface area contributed by atoms with Gasteiger partial charge in [-0.15, -0.1) is 0 Å². The van der Waals surface area contributed by atoms with Crippen molar-refractivity contribution >= 4 is 17.0 Å². The summed E-state index contributed by atoms with van der Waals surface area (Å²) in [5, 5.41) is 7.20. The number of amides is 1. The van der Waals surface area contributed by atoms with E-state index in [1.807, 2.05) is 20.9 Å². The molecule has 7 heteroatoms. The molecule has 1 N–H and O–H groups in total. The SMILES string of the molecule is CC(C)C[C@@H](NC(=O)c1ccc2oc(C(C)C)nc2c1)c1ncnn1C. The molecule has 0 radical (unpaired) electrons. The van der Waals surface area contributed by atoms with E-state index in [0.717, 1.165) is 12.2 Å². The van der Waals surface area contributed by atoms with E-state index in [-0.39, 0.29) is 17.9 Å². The number of aryl methyl sites for hydroxylation is 1. The van der Waals surface area contributed by atoms with Gasteiger partial charge in [0.1, 0.15) is 17.7 Å². The molecule has 2 heterocycles. The van der Waals surface area contributed by atoms with Crippen LogP contribution in [0.5, 0.6) is 0 Å². The van der Waals surface area contributed by atoms with Gasteiger partial charge in [0, 0.05) is 18.5 Å². The number of hydrogen-bond donors (Lipinski definition) is 1. The van der Waals surface area contributed by atoms with Gasteiger partial charge in [0.15, 0.2) is 11.5 Å². The van der Waals surface area contributed by atoms with Crippen molar-refractivity contribution in [1.29, 1.82) is 0 Å². The smallest absolute Gasteiger partial charge is 0.251 e. The van der Waals surface area contributed by atoms with Crippen molar-refractivity contribution in [2.24, 2.45) is 13.0 Å². The van der Waals surface area contributed by atoms with E-state index in [1.165, 1.54) is 6.33 Å². The molecular weight excluding hydrogens is 330 g/mol. The molecule has 1 atom stereocenters. The minimum absolute atomic E-state index is 0.158. The molecule has 0 bridgehead atoms. The van der Waals surface area contributed by atoms with Crippen LogP contribution in [-0.4, -0.2) is 25.7 Å². The summed E-state index contributed by atoms with van der Waals surface area (Å²) in [5.74, 6) is 1.87. The van der Waals surface area contributed by atoms with Crippen LogP contribution < -0.4 is 5.32 Å². The summed E-state index contributed by atoms with van der Waals surface area (Å²) >= 11 is 0. The maximum atomic E-state index is 12.8. The number of benzene rings is 1. The maximum absolute atomic E-state index is 12.8. The molecule has 0 aliphatic rings. The van der Waals surface area contributed by atoms with Crippen LogP contribution in [0.15, 0.2) is 28.9 Å². The Bertz CT molecular complexity index is 910. The van der Waals surface area contributed by atoms with Crippen LogP contribution in [0.4, 0.5) is 0 Å². The lowest BCUT2D eigenvalue weighted by atomic mass is 10.0. The summed E-state index contributed by atoms with van der Waals surface area (Å²) in [4.78, 5) is 21.6. The molecule has 0 aliphatic carbocycles. The molecule has 26 heavy (non-hydrogen) atoms. The number of fused-ring (bicyclic) bond motifs is 1. The number of aromatic nitrogens is 4. The van der Waals surface area contributed by atoms with Gasteiger partial charge in [0.25, 0.3) is 5.91 Å². The van der Waals surface area contributed by atoms with Crippen molar-refractivity contribution in [3.63, 3.8) is 0 Å². The van der Waals surface area contributed by atoms with Crippen LogP contribution in [0.1, 0.15) is 68.1 Å². The zero-order chi connectivity index (χ0) is 18.8. The third-order valence-corrected chi connectivity index (χ3v) is 4.23. The number of carbonyl (C=O) groups is 1. The molecule has 0 fully saturated rings. The third-order valence-electron chi connectivity index (χ3n) is 4.23. The molecule has 0 saturated carbocycles. The summed E-state index contributed by atoms with van der Waals surface area (Å²) in [6.07, 6.45) is 2.28. The maximum Gasteiger partial charge on any atom is 0.251 e. The average molecular weight is 355 g/mol. The summed E-state index contributed by atoms with van der Waals surface area (Å²) in [6.45, 7) is 8.28. The predicted octanol–water partition coefficient (Wildman–Crippen LogP) is 3.60. The fourth-order valence-electron chi connectivity index (χ4n) is 2.90. The topological polar surface area (TPSA) is 85.8 Å². The van der Waals surface area contributed by atoms with Crippen LogP contribution >= 0.6 is 0 Å². The monoisotopic (exact) mass is 355 g/mol. The zero-order valence-corrected chi connectivity index (χ0v) is 15.9. The van der Waals surface area contributed by atoms with Gasteiger partial charge in [-0.2, -0.15) is 5.10 Å². The lowest BCUT2D eigenvalue weighted by molar-refractivity contribution is 0.0929.